The van der Waals surface area contributed by atoms with Crippen molar-refractivity contribution in [2.75, 3.05) is 9.80 Å². The Morgan fingerprint density at radius 1 is 0.327 bits per heavy atom. The standard InChI is InChI=1S/C53H46N2/c1-51(2)41-15-7-11-19-47(41)54(48-20-12-8-16-42(48)51)37-28-25-35(26-29-37)23-24-36-27-31-39-40-32-30-38(34-46(40)53(5,6)45(39)33-36)55-49-21-13-9-17-43(49)52(3,4)44-18-10-14-22-50(44)55/h7-34H,1-6H3/b24-23+. The number of anilines is 6. The van der Waals surface area contributed by atoms with Crippen LogP contribution >= 0.6 is 0 Å². The summed E-state index contributed by atoms with van der Waals surface area (Å²) in [5.41, 5.74) is 20.3. The van der Waals surface area contributed by atoms with E-state index in [2.05, 4.69) is 221 Å². The van der Waals surface area contributed by atoms with Gasteiger partial charge in [-0.1, -0.05) is 163 Å². The lowest BCUT2D eigenvalue weighted by Crippen LogP contribution is -2.30. The molecule has 0 fully saturated rings. The SMILES string of the molecule is CC1(C)c2cc(/C=C/c3ccc(N4c5ccccc5C(C)(C)c5ccccc54)cc3)ccc2-c2ccc(N3c4ccccc4C(C)(C)c4ccccc43)cc21. The van der Waals surface area contributed by atoms with Crippen molar-refractivity contribution >= 4 is 46.3 Å². The first-order valence-corrected chi connectivity index (χ1v) is 19.6. The quantitative estimate of drug-likeness (QED) is 0.168. The number of hydrogen-bond acceptors (Lipinski definition) is 2. The summed E-state index contributed by atoms with van der Waals surface area (Å²) >= 11 is 0. The van der Waals surface area contributed by atoms with E-state index in [9.17, 15) is 0 Å². The van der Waals surface area contributed by atoms with Crippen molar-refractivity contribution in [1.82, 2.24) is 0 Å². The molecule has 7 aromatic rings. The highest BCUT2D eigenvalue weighted by molar-refractivity contribution is 5.90. The van der Waals surface area contributed by atoms with Crippen LogP contribution in [0.5, 0.6) is 0 Å². The van der Waals surface area contributed by atoms with Crippen LogP contribution in [0.3, 0.4) is 0 Å². The minimum atomic E-state index is -0.143. The minimum absolute atomic E-state index is 0.0658. The Kier molecular flexibility index (Phi) is 7.26. The molecule has 268 valence electrons. The van der Waals surface area contributed by atoms with Gasteiger partial charge in [-0.2, -0.15) is 0 Å². The zero-order valence-electron chi connectivity index (χ0n) is 32.6. The largest absolute Gasteiger partial charge is 0.310 e. The van der Waals surface area contributed by atoms with E-state index in [1.165, 1.54) is 89.8 Å². The highest BCUT2D eigenvalue weighted by atomic mass is 15.2. The molecule has 10 rings (SSSR count). The second-order valence-electron chi connectivity index (χ2n) is 17.1. The summed E-state index contributed by atoms with van der Waals surface area (Å²) in [7, 11) is 0. The Balaban J connectivity index is 0.953. The smallest absolute Gasteiger partial charge is 0.0502 e. The van der Waals surface area contributed by atoms with Crippen molar-refractivity contribution in [1.29, 1.82) is 0 Å². The van der Waals surface area contributed by atoms with Gasteiger partial charge in [0.05, 0.1) is 22.7 Å². The molecule has 2 aliphatic heterocycles. The van der Waals surface area contributed by atoms with E-state index in [-0.39, 0.29) is 16.2 Å². The van der Waals surface area contributed by atoms with Crippen LogP contribution in [0.4, 0.5) is 34.1 Å². The zero-order valence-corrected chi connectivity index (χ0v) is 32.6. The van der Waals surface area contributed by atoms with Gasteiger partial charge in [-0.15, -0.1) is 0 Å². The first-order valence-electron chi connectivity index (χ1n) is 19.6. The fourth-order valence-electron chi connectivity index (χ4n) is 9.81. The van der Waals surface area contributed by atoms with Crippen molar-refractivity contribution in [3.05, 3.63) is 202 Å². The lowest BCUT2D eigenvalue weighted by atomic mass is 9.73. The van der Waals surface area contributed by atoms with Crippen LogP contribution in [0, 0.1) is 0 Å². The van der Waals surface area contributed by atoms with Gasteiger partial charge in [0, 0.05) is 27.6 Å². The first kappa shape index (κ1) is 33.4. The third-order valence-corrected chi connectivity index (χ3v) is 12.8. The summed E-state index contributed by atoms with van der Waals surface area (Å²) in [4.78, 5) is 4.89. The fraction of sp³-hybridized carbons (Fsp3) is 0.170. The molecule has 0 aromatic heterocycles. The maximum Gasteiger partial charge on any atom is 0.0502 e. The summed E-state index contributed by atoms with van der Waals surface area (Å²) in [6.45, 7) is 14.1. The average molecular weight is 711 g/mol. The Morgan fingerprint density at radius 3 is 1.16 bits per heavy atom. The highest BCUT2D eigenvalue weighted by Crippen LogP contribution is 2.55. The maximum absolute atomic E-state index is 2.47. The van der Waals surface area contributed by atoms with Gasteiger partial charge in [0.15, 0.2) is 0 Å². The lowest BCUT2D eigenvalue weighted by Gasteiger charge is -2.42. The van der Waals surface area contributed by atoms with Crippen molar-refractivity contribution in [3.63, 3.8) is 0 Å². The third kappa shape index (κ3) is 4.94. The number of hydrogen-bond donors (Lipinski definition) is 0. The summed E-state index contributed by atoms with van der Waals surface area (Å²) in [6.07, 6.45) is 4.50. The minimum Gasteiger partial charge on any atom is -0.310 e. The maximum atomic E-state index is 2.47. The summed E-state index contributed by atoms with van der Waals surface area (Å²) in [5.74, 6) is 0. The van der Waals surface area contributed by atoms with E-state index in [1.807, 2.05) is 0 Å². The van der Waals surface area contributed by atoms with Crippen molar-refractivity contribution in [2.24, 2.45) is 0 Å². The molecule has 0 radical (unpaired) electrons. The van der Waals surface area contributed by atoms with Crippen LogP contribution in [0.25, 0.3) is 23.3 Å². The van der Waals surface area contributed by atoms with E-state index >= 15 is 0 Å². The van der Waals surface area contributed by atoms with Gasteiger partial charge in [-0.3, -0.25) is 0 Å². The van der Waals surface area contributed by atoms with Crippen molar-refractivity contribution in [2.45, 2.75) is 57.8 Å². The molecule has 3 aliphatic rings. The molecule has 7 aromatic carbocycles. The van der Waals surface area contributed by atoms with Crippen LogP contribution in [0.2, 0.25) is 0 Å². The zero-order chi connectivity index (χ0) is 37.7. The predicted octanol–water partition coefficient (Wildman–Crippen LogP) is 14.4. The van der Waals surface area contributed by atoms with E-state index in [0.29, 0.717) is 0 Å². The highest BCUT2D eigenvalue weighted by Gasteiger charge is 2.40. The van der Waals surface area contributed by atoms with Gasteiger partial charge in [0.1, 0.15) is 0 Å². The Hall–Kier alpha value is -6.12. The summed E-state index contributed by atoms with van der Waals surface area (Å²) in [6, 6.07) is 58.6. The molecule has 0 saturated heterocycles. The van der Waals surface area contributed by atoms with E-state index in [1.54, 1.807) is 0 Å². The molecule has 1 aliphatic carbocycles. The normalized spacial score (nSPS) is 16.5. The molecule has 2 heterocycles. The molecule has 0 bridgehead atoms. The Morgan fingerprint density at radius 2 is 0.673 bits per heavy atom. The Bertz CT molecular complexity index is 2590. The lowest BCUT2D eigenvalue weighted by molar-refractivity contribution is 0.631. The van der Waals surface area contributed by atoms with Crippen LogP contribution in [-0.2, 0) is 16.2 Å². The first-order chi connectivity index (χ1) is 26.5. The predicted molar refractivity (Wildman–Crippen MR) is 233 cm³/mol. The second-order valence-corrected chi connectivity index (χ2v) is 17.1. The number of para-hydroxylation sites is 4. The van der Waals surface area contributed by atoms with Crippen molar-refractivity contribution in [3.8, 4) is 11.1 Å². The molecule has 0 saturated carbocycles. The second kappa shape index (κ2) is 11.9. The topological polar surface area (TPSA) is 6.48 Å². The van der Waals surface area contributed by atoms with Gasteiger partial charge in [0.2, 0.25) is 0 Å². The van der Waals surface area contributed by atoms with Crippen LogP contribution in [0.15, 0.2) is 158 Å². The van der Waals surface area contributed by atoms with Crippen molar-refractivity contribution < 1.29 is 0 Å². The molecule has 2 nitrogen and oxygen atoms in total. The number of rotatable bonds is 4. The molecule has 2 heteroatoms. The summed E-state index contributed by atoms with van der Waals surface area (Å²) < 4.78 is 0. The summed E-state index contributed by atoms with van der Waals surface area (Å²) in [5, 5.41) is 0. The fourth-order valence-corrected chi connectivity index (χ4v) is 9.81. The Labute approximate surface area is 326 Å². The van der Waals surface area contributed by atoms with Gasteiger partial charge >= 0.3 is 0 Å². The van der Waals surface area contributed by atoms with Gasteiger partial charge in [-0.05, 0) is 104 Å². The van der Waals surface area contributed by atoms with Gasteiger partial charge in [-0.25, -0.2) is 0 Å². The molecule has 0 unspecified atom stereocenters. The van der Waals surface area contributed by atoms with Crippen LogP contribution < -0.4 is 9.80 Å². The monoisotopic (exact) mass is 710 g/mol. The van der Waals surface area contributed by atoms with Crippen LogP contribution in [0.1, 0.15) is 86.1 Å². The molecule has 0 spiro atoms. The van der Waals surface area contributed by atoms with Crippen LogP contribution in [-0.4, -0.2) is 0 Å². The van der Waals surface area contributed by atoms with E-state index < -0.39 is 0 Å². The van der Waals surface area contributed by atoms with E-state index in [4.69, 9.17) is 0 Å². The number of nitrogens with zero attached hydrogens (tertiary/aromatic N) is 2. The molecule has 0 atom stereocenters. The average Bonchev–Trinajstić information content (AvgIpc) is 3.43. The van der Waals surface area contributed by atoms with Gasteiger partial charge in [0.25, 0.3) is 0 Å². The number of benzene rings is 7. The number of fused-ring (bicyclic) bond motifs is 7. The molecule has 0 N–H and O–H groups in total. The molecule has 55 heavy (non-hydrogen) atoms. The molecular formula is C53H46N2. The van der Waals surface area contributed by atoms with E-state index in [0.717, 1.165) is 0 Å². The molecular weight excluding hydrogens is 665 g/mol. The van der Waals surface area contributed by atoms with Gasteiger partial charge < -0.3 is 9.80 Å². The third-order valence-electron chi connectivity index (χ3n) is 12.8. The molecule has 0 amide bonds.